The second-order valence-corrected chi connectivity index (χ2v) is 2.91. The predicted molar refractivity (Wildman–Crippen MR) is 46.8 cm³/mol. The van der Waals surface area contributed by atoms with E-state index in [1.807, 2.05) is 0 Å². The Balaban J connectivity index is 3.26. The molecular weight excluding hydrogens is 217 g/mol. The molecule has 1 rings (SSSR count). The molecule has 1 heterocycles. The summed E-state index contributed by atoms with van der Waals surface area (Å²) >= 11 is 11.0. The summed E-state index contributed by atoms with van der Waals surface area (Å²) in [5.41, 5.74) is -0.197. The number of hydrogen-bond donors (Lipinski definition) is 0. The molecule has 0 saturated heterocycles. The molecule has 0 amide bonds. The van der Waals surface area contributed by atoms with Gasteiger partial charge in [-0.2, -0.15) is 0 Å². The van der Waals surface area contributed by atoms with E-state index < -0.39 is 5.97 Å². The number of aromatic nitrogens is 1. The van der Waals surface area contributed by atoms with Gasteiger partial charge in [-0.25, -0.2) is 4.79 Å². The Bertz CT molecular complexity index is 354. The van der Waals surface area contributed by atoms with Crippen LogP contribution in [0.25, 0.3) is 0 Å². The molecule has 0 spiro atoms. The smallest absolute Gasteiger partial charge is 0.404 e. The lowest BCUT2D eigenvalue weighted by Gasteiger charge is -2.04. The van der Waals surface area contributed by atoms with Crippen molar-refractivity contribution >= 4 is 29.2 Å². The highest BCUT2D eigenvalue weighted by molar-refractivity contribution is 6.40. The maximum atomic E-state index is 11.2. The van der Waals surface area contributed by atoms with Gasteiger partial charge in [-0.15, -0.1) is 4.73 Å². The average Bonchev–Trinajstić information content (AvgIpc) is 2.13. The van der Waals surface area contributed by atoms with Crippen LogP contribution in [0.4, 0.5) is 0 Å². The maximum Gasteiger partial charge on any atom is 0.404 e. The topological polar surface area (TPSA) is 53.2 Å². The molecule has 0 bridgehead atoms. The fourth-order valence-electron chi connectivity index (χ4n) is 0.747. The zero-order chi connectivity index (χ0) is 10.0. The molecule has 0 fully saturated rings. The van der Waals surface area contributed by atoms with Crippen molar-refractivity contribution in [3.05, 3.63) is 33.2 Å². The number of nitrogens with zero attached hydrogens (tertiary/aromatic N) is 1. The van der Waals surface area contributed by atoms with E-state index in [-0.39, 0.29) is 20.6 Å². The van der Waals surface area contributed by atoms with E-state index >= 15 is 0 Å². The van der Waals surface area contributed by atoms with E-state index in [0.717, 1.165) is 0 Å². The summed E-state index contributed by atoms with van der Waals surface area (Å²) in [7, 11) is 1.17. The van der Waals surface area contributed by atoms with Gasteiger partial charge in [0.1, 0.15) is 5.02 Å². The van der Waals surface area contributed by atoms with Gasteiger partial charge in [0, 0.05) is 6.07 Å². The van der Waals surface area contributed by atoms with Crippen molar-refractivity contribution in [2.24, 2.45) is 0 Å². The Hall–Kier alpha value is -1.00. The number of esters is 1. The van der Waals surface area contributed by atoms with Gasteiger partial charge in [-0.05, 0) is 17.7 Å². The third-order valence-corrected chi connectivity index (χ3v) is 2.14. The van der Waals surface area contributed by atoms with Crippen molar-refractivity contribution in [3.63, 3.8) is 0 Å². The van der Waals surface area contributed by atoms with E-state index in [1.165, 1.54) is 19.2 Å². The molecule has 0 aliphatic rings. The van der Waals surface area contributed by atoms with Crippen LogP contribution in [0, 0.1) is 5.21 Å². The van der Waals surface area contributed by atoms with Crippen molar-refractivity contribution in [2.75, 3.05) is 7.11 Å². The Morgan fingerprint density at radius 1 is 1.54 bits per heavy atom. The van der Waals surface area contributed by atoms with Crippen LogP contribution in [0.5, 0.6) is 0 Å². The van der Waals surface area contributed by atoms with Gasteiger partial charge in [0.15, 0.2) is 0 Å². The summed E-state index contributed by atoms with van der Waals surface area (Å²) in [6, 6.07) is 2.59. The molecule has 4 nitrogen and oxygen atoms in total. The second kappa shape index (κ2) is 3.81. The quantitative estimate of drug-likeness (QED) is 0.312. The maximum absolute atomic E-state index is 11.2. The van der Waals surface area contributed by atoms with Crippen molar-refractivity contribution < 1.29 is 14.3 Å². The van der Waals surface area contributed by atoms with Gasteiger partial charge in [-0.3, -0.25) is 0 Å². The number of carbonyl (C=O) groups excluding carboxylic acids is 1. The van der Waals surface area contributed by atoms with Crippen LogP contribution in [0.3, 0.4) is 0 Å². The largest absolute Gasteiger partial charge is 0.617 e. The molecule has 13 heavy (non-hydrogen) atoms. The van der Waals surface area contributed by atoms with Gasteiger partial charge in [-0.1, -0.05) is 11.6 Å². The Labute approximate surface area is 84.2 Å². The second-order valence-electron chi connectivity index (χ2n) is 2.14. The third-order valence-electron chi connectivity index (χ3n) is 1.38. The summed E-state index contributed by atoms with van der Waals surface area (Å²) < 4.78 is 4.57. The number of hydrogen-bond acceptors (Lipinski definition) is 3. The minimum Gasteiger partial charge on any atom is -0.617 e. The first kappa shape index (κ1) is 10.1. The number of halogens is 2. The first-order valence-corrected chi connectivity index (χ1v) is 3.99. The molecule has 1 aromatic heterocycles. The van der Waals surface area contributed by atoms with Crippen LogP contribution in [0.2, 0.25) is 10.2 Å². The summed E-state index contributed by atoms with van der Waals surface area (Å²) in [6.07, 6.45) is 0. The zero-order valence-electron chi connectivity index (χ0n) is 6.58. The summed E-state index contributed by atoms with van der Waals surface area (Å²) in [5.74, 6) is -0.756. The van der Waals surface area contributed by atoms with Crippen molar-refractivity contribution in [2.45, 2.75) is 0 Å². The van der Waals surface area contributed by atoms with Gasteiger partial charge in [0.25, 0.3) is 0 Å². The molecule has 6 heteroatoms. The Kier molecular flexibility index (Phi) is 2.95. The first-order valence-electron chi connectivity index (χ1n) is 3.23. The third kappa shape index (κ3) is 1.84. The fraction of sp³-hybridized carbons (Fsp3) is 0.143. The monoisotopic (exact) mass is 221 g/mol. The van der Waals surface area contributed by atoms with E-state index in [0.29, 0.717) is 0 Å². The lowest BCUT2D eigenvalue weighted by molar-refractivity contribution is -0.606. The van der Waals surface area contributed by atoms with Crippen molar-refractivity contribution in [1.29, 1.82) is 0 Å². The SMILES string of the molecule is COC(=O)c1ccc(Cl)c(Cl)[n+]1[O-]. The molecule has 0 atom stereocenters. The highest BCUT2D eigenvalue weighted by Gasteiger charge is 2.20. The summed E-state index contributed by atoms with van der Waals surface area (Å²) in [6.45, 7) is 0. The van der Waals surface area contributed by atoms with E-state index in [4.69, 9.17) is 23.2 Å². The standard InChI is InChI=1S/C7H5Cl2NO3/c1-13-7(11)5-3-2-4(8)6(9)10(5)12/h2-3H,1H3. The van der Waals surface area contributed by atoms with Gasteiger partial charge < -0.3 is 9.94 Å². The predicted octanol–water partition coefficient (Wildman–Crippen LogP) is 1.41. The molecule has 0 radical (unpaired) electrons. The fourth-order valence-corrected chi connectivity index (χ4v) is 1.04. The number of pyridine rings is 1. The lowest BCUT2D eigenvalue weighted by Crippen LogP contribution is -2.36. The molecular formula is C7H5Cl2NO3. The van der Waals surface area contributed by atoms with Crippen molar-refractivity contribution in [3.8, 4) is 0 Å². The number of ether oxygens (including phenoxy) is 1. The van der Waals surface area contributed by atoms with E-state index in [2.05, 4.69) is 4.74 Å². The van der Waals surface area contributed by atoms with Gasteiger partial charge >= 0.3 is 16.8 Å². The first-order chi connectivity index (χ1) is 6.07. The zero-order valence-corrected chi connectivity index (χ0v) is 8.09. The van der Waals surface area contributed by atoms with Gasteiger partial charge in [0.05, 0.1) is 7.11 Å². The molecule has 70 valence electrons. The molecule has 0 aliphatic heterocycles. The molecule has 0 aromatic carbocycles. The number of methoxy groups -OCH3 is 1. The summed E-state index contributed by atoms with van der Waals surface area (Å²) in [4.78, 5) is 11.0. The highest BCUT2D eigenvalue weighted by Crippen LogP contribution is 2.17. The highest BCUT2D eigenvalue weighted by atomic mass is 35.5. The lowest BCUT2D eigenvalue weighted by atomic mass is 10.3. The van der Waals surface area contributed by atoms with Crippen LogP contribution < -0.4 is 4.73 Å². The minimum absolute atomic E-state index is 0.0873. The molecule has 0 unspecified atom stereocenters. The van der Waals surface area contributed by atoms with Crippen LogP contribution in [0.1, 0.15) is 10.5 Å². The molecule has 0 N–H and O–H groups in total. The molecule has 1 aromatic rings. The van der Waals surface area contributed by atoms with Crippen LogP contribution in [0.15, 0.2) is 12.1 Å². The normalized spacial score (nSPS) is 9.77. The van der Waals surface area contributed by atoms with Crippen LogP contribution in [-0.2, 0) is 4.74 Å². The number of rotatable bonds is 1. The molecule has 0 saturated carbocycles. The van der Waals surface area contributed by atoms with E-state index in [9.17, 15) is 10.0 Å². The minimum atomic E-state index is -0.756. The Morgan fingerprint density at radius 2 is 2.15 bits per heavy atom. The van der Waals surface area contributed by atoms with Crippen LogP contribution >= 0.6 is 23.2 Å². The van der Waals surface area contributed by atoms with Crippen molar-refractivity contribution in [1.82, 2.24) is 0 Å². The molecule has 0 aliphatic carbocycles. The average molecular weight is 222 g/mol. The van der Waals surface area contributed by atoms with Crippen LogP contribution in [-0.4, -0.2) is 13.1 Å². The van der Waals surface area contributed by atoms with E-state index in [1.54, 1.807) is 0 Å². The summed E-state index contributed by atoms with van der Waals surface area (Å²) in [5, 5.41) is 11.0. The Morgan fingerprint density at radius 3 is 2.69 bits per heavy atom. The van der Waals surface area contributed by atoms with Gasteiger partial charge in [0.2, 0.25) is 0 Å². The number of carbonyl (C=O) groups is 1.